The van der Waals surface area contributed by atoms with Gasteiger partial charge in [-0.25, -0.2) is 13.6 Å². The number of piperidine rings is 1. The summed E-state index contributed by atoms with van der Waals surface area (Å²) in [4.78, 5) is 39.6. The second-order valence-electron chi connectivity index (χ2n) is 9.75. The van der Waals surface area contributed by atoms with Gasteiger partial charge in [-0.1, -0.05) is 6.07 Å². The zero-order valence-corrected chi connectivity index (χ0v) is 19.3. The van der Waals surface area contributed by atoms with Crippen LogP contribution in [-0.2, 0) is 9.59 Å². The molecule has 2 aliphatic heterocycles. The summed E-state index contributed by atoms with van der Waals surface area (Å²) in [5, 5.41) is 17.0. The van der Waals surface area contributed by atoms with E-state index in [0.717, 1.165) is 17.5 Å². The van der Waals surface area contributed by atoms with E-state index < -0.39 is 18.1 Å². The lowest BCUT2D eigenvalue weighted by molar-refractivity contribution is -0.132. The number of carboxylic acid groups (broad SMARTS) is 1. The highest BCUT2D eigenvalue weighted by molar-refractivity contribution is 6.03. The van der Waals surface area contributed by atoms with Gasteiger partial charge in [0.25, 0.3) is 0 Å². The van der Waals surface area contributed by atoms with E-state index in [2.05, 4.69) is 10.4 Å². The summed E-state index contributed by atoms with van der Waals surface area (Å²) in [6.07, 6.45) is 2.92. The molecule has 1 saturated carbocycles. The molecule has 2 fully saturated rings. The van der Waals surface area contributed by atoms with Crippen molar-refractivity contribution in [2.45, 2.75) is 57.0 Å². The molecule has 3 aliphatic rings. The van der Waals surface area contributed by atoms with Crippen LogP contribution < -0.4 is 15.1 Å². The number of halogens is 2. The van der Waals surface area contributed by atoms with Crippen molar-refractivity contribution in [1.82, 2.24) is 15.1 Å². The molecule has 1 aliphatic carbocycles. The molecule has 2 N–H and O–H groups in total. The van der Waals surface area contributed by atoms with Crippen LogP contribution in [0.3, 0.4) is 0 Å². The topological polar surface area (TPSA) is 108 Å². The smallest absolute Gasteiger partial charge is 0.411 e. The highest BCUT2D eigenvalue weighted by Crippen LogP contribution is 2.45. The molecule has 3 heterocycles. The molecular weight excluding hydrogens is 460 g/mol. The maximum Gasteiger partial charge on any atom is 0.411 e. The summed E-state index contributed by atoms with van der Waals surface area (Å²) in [7, 11) is 0. The highest BCUT2D eigenvalue weighted by atomic mass is 19.3. The molecule has 2 atom stereocenters. The molecule has 0 radical (unpaired) electrons. The Kier molecular flexibility index (Phi) is 5.72. The Balaban J connectivity index is 1.43. The number of alkyl halides is 2. The Bertz CT molecular complexity index is 1170. The fraction of sp³-hybridized carbons (Fsp3) is 0.500. The molecule has 2 aromatic rings. The summed E-state index contributed by atoms with van der Waals surface area (Å²) in [6.45, 7) is 2.42. The Morgan fingerprint density at radius 3 is 2.69 bits per heavy atom. The van der Waals surface area contributed by atoms with Gasteiger partial charge >= 0.3 is 6.09 Å². The van der Waals surface area contributed by atoms with Crippen molar-refractivity contribution in [2.24, 2.45) is 5.92 Å². The van der Waals surface area contributed by atoms with E-state index in [1.54, 1.807) is 40.9 Å². The van der Waals surface area contributed by atoms with Gasteiger partial charge in [0.1, 0.15) is 0 Å². The van der Waals surface area contributed by atoms with E-state index in [0.29, 0.717) is 24.3 Å². The monoisotopic (exact) mass is 487 g/mol. The number of aromatic nitrogens is 2. The predicted molar refractivity (Wildman–Crippen MR) is 124 cm³/mol. The molecule has 1 saturated heterocycles. The van der Waals surface area contributed by atoms with Crippen LogP contribution in [0.25, 0.3) is 11.1 Å². The number of carbonyl (C=O) groups excluding carboxylic acids is 2. The minimum atomic E-state index is -2.70. The maximum absolute atomic E-state index is 13.3. The molecule has 1 unspecified atom stereocenters. The summed E-state index contributed by atoms with van der Waals surface area (Å²) >= 11 is 0. The van der Waals surface area contributed by atoms with E-state index in [9.17, 15) is 28.3 Å². The molecule has 186 valence electrons. The number of hydrogen-bond donors (Lipinski definition) is 2. The maximum atomic E-state index is 13.3. The van der Waals surface area contributed by atoms with Gasteiger partial charge in [-0.3, -0.25) is 19.2 Å². The first-order chi connectivity index (χ1) is 16.6. The number of carbonyl (C=O) groups is 3. The normalized spacial score (nSPS) is 23.9. The summed E-state index contributed by atoms with van der Waals surface area (Å²) in [5.74, 6) is -3.36. The second-order valence-corrected chi connectivity index (χ2v) is 9.75. The minimum absolute atomic E-state index is 0.00985. The van der Waals surface area contributed by atoms with Gasteiger partial charge in [0.15, 0.2) is 0 Å². The highest BCUT2D eigenvalue weighted by Gasteiger charge is 2.47. The van der Waals surface area contributed by atoms with E-state index in [4.69, 9.17) is 0 Å². The van der Waals surface area contributed by atoms with E-state index in [1.165, 1.54) is 4.90 Å². The number of benzene rings is 1. The molecule has 1 aromatic carbocycles. The van der Waals surface area contributed by atoms with Crippen LogP contribution >= 0.6 is 0 Å². The molecular formula is C24H27F2N5O4. The van der Waals surface area contributed by atoms with Crippen LogP contribution in [0.1, 0.15) is 45.1 Å². The number of nitrogens with zero attached hydrogens (tertiary/aromatic N) is 4. The first-order valence-corrected chi connectivity index (χ1v) is 11.8. The van der Waals surface area contributed by atoms with Gasteiger partial charge < -0.3 is 15.3 Å². The van der Waals surface area contributed by atoms with Gasteiger partial charge in [-0.15, -0.1) is 0 Å². The van der Waals surface area contributed by atoms with Gasteiger partial charge in [-0.05, 0) is 37.0 Å². The SMILES string of the molecule is C[C@H]1CN(C(=O)O)c2cc(-c3cnn(C4CCNC(=O)C4)c3)ccc2N1C(=O)CC1CC(F)(F)C1. The molecule has 9 nitrogen and oxygen atoms in total. The van der Waals surface area contributed by atoms with E-state index >= 15 is 0 Å². The van der Waals surface area contributed by atoms with Crippen molar-refractivity contribution in [3.05, 3.63) is 30.6 Å². The number of anilines is 2. The molecule has 5 rings (SSSR count). The standard InChI is InChI=1S/C24H27F2N5O4/c1-14-12-29(23(34)35)20-7-16(17-11-28-30(13-17)18-4-5-27-21(32)8-18)2-3-19(20)31(14)22(33)6-15-9-24(25,26)10-15/h2-3,7,11,13-15,18H,4-6,8-10,12H2,1H3,(H,27,32)(H,34,35)/t14-,18?/m0/s1. The lowest BCUT2D eigenvalue weighted by Gasteiger charge is -2.42. The molecule has 1 aromatic heterocycles. The van der Waals surface area contributed by atoms with Gasteiger partial charge in [-0.2, -0.15) is 5.10 Å². The van der Waals surface area contributed by atoms with Gasteiger partial charge in [0.2, 0.25) is 17.7 Å². The fourth-order valence-electron chi connectivity index (χ4n) is 5.32. The molecule has 0 spiro atoms. The quantitative estimate of drug-likeness (QED) is 0.685. The summed E-state index contributed by atoms with van der Waals surface area (Å²) < 4.78 is 28.3. The van der Waals surface area contributed by atoms with Gasteiger partial charge in [0, 0.05) is 50.5 Å². The number of hydrogen-bond acceptors (Lipinski definition) is 4. The third-order valence-electron chi connectivity index (χ3n) is 7.08. The molecule has 11 heteroatoms. The fourth-order valence-corrected chi connectivity index (χ4v) is 5.32. The third kappa shape index (κ3) is 4.46. The lowest BCUT2D eigenvalue weighted by Crippen LogP contribution is -2.52. The first kappa shape index (κ1) is 23.3. The zero-order chi connectivity index (χ0) is 24.9. The van der Waals surface area contributed by atoms with Crippen LogP contribution in [-0.4, -0.2) is 57.8 Å². The van der Waals surface area contributed by atoms with Crippen molar-refractivity contribution >= 4 is 29.3 Å². The lowest BCUT2D eigenvalue weighted by atomic mass is 9.79. The van der Waals surface area contributed by atoms with Crippen LogP contribution in [0, 0.1) is 5.92 Å². The summed E-state index contributed by atoms with van der Waals surface area (Å²) in [6, 6.07) is 4.73. The van der Waals surface area contributed by atoms with Crippen LogP contribution in [0.5, 0.6) is 0 Å². The predicted octanol–water partition coefficient (Wildman–Crippen LogP) is 3.66. The molecule has 35 heavy (non-hydrogen) atoms. The van der Waals surface area contributed by atoms with Crippen LogP contribution in [0.2, 0.25) is 0 Å². The largest absolute Gasteiger partial charge is 0.465 e. The Labute approximate surface area is 200 Å². The average molecular weight is 488 g/mol. The zero-order valence-electron chi connectivity index (χ0n) is 19.3. The minimum Gasteiger partial charge on any atom is -0.465 e. The van der Waals surface area contributed by atoms with Crippen molar-refractivity contribution in [3.63, 3.8) is 0 Å². The number of fused-ring (bicyclic) bond motifs is 1. The van der Waals surface area contributed by atoms with Gasteiger partial charge in [0.05, 0.1) is 29.7 Å². The molecule has 0 bridgehead atoms. The molecule has 3 amide bonds. The van der Waals surface area contributed by atoms with E-state index in [1.807, 2.05) is 6.20 Å². The van der Waals surface area contributed by atoms with Crippen molar-refractivity contribution in [2.75, 3.05) is 22.9 Å². The second kappa shape index (κ2) is 8.62. The third-order valence-corrected chi connectivity index (χ3v) is 7.08. The Hall–Kier alpha value is -3.50. The van der Waals surface area contributed by atoms with Crippen molar-refractivity contribution in [1.29, 1.82) is 0 Å². The van der Waals surface area contributed by atoms with Crippen LogP contribution in [0.4, 0.5) is 25.0 Å². The first-order valence-electron chi connectivity index (χ1n) is 11.8. The Morgan fingerprint density at radius 1 is 1.23 bits per heavy atom. The summed E-state index contributed by atoms with van der Waals surface area (Å²) in [5.41, 5.74) is 2.30. The average Bonchev–Trinajstić information content (AvgIpc) is 3.27. The van der Waals surface area contributed by atoms with Crippen molar-refractivity contribution < 1.29 is 28.3 Å². The van der Waals surface area contributed by atoms with Crippen LogP contribution in [0.15, 0.2) is 30.6 Å². The van der Waals surface area contributed by atoms with E-state index in [-0.39, 0.29) is 49.6 Å². The number of amides is 3. The number of nitrogens with one attached hydrogen (secondary N) is 1. The Morgan fingerprint density at radius 2 is 2.00 bits per heavy atom. The van der Waals surface area contributed by atoms with Crippen molar-refractivity contribution in [3.8, 4) is 11.1 Å². The number of rotatable bonds is 4.